The number of benzene rings is 1. The van der Waals surface area contributed by atoms with Crippen molar-refractivity contribution in [2.24, 2.45) is 17.8 Å². The lowest BCUT2D eigenvalue weighted by Crippen LogP contribution is -2.38. The van der Waals surface area contributed by atoms with Crippen LogP contribution in [0, 0.1) is 29.6 Å². The molecule has 2 aromatic rings. The molecule has 0 aliphatic heterocycles. The van der Waals surface area contributed by atoms with Crippen molar-refractivity contribution in [1.29, 1.82) is 0 Å². The smallest absolute Gasteiger partial charge is 0.251 e. The lowest BCUT2D eigenvalue weighted by atomic mass is 10.0. The summed E-state index contributed by atoms with van der Waals surface area (Å²) >= 11 is 6.18. The highest BCUT2D eigenvalue weighted by Crippen LogP contribution is 2.37. The van der Waals surface area contributed by atoms with Crippen molar-refractivity contribution in [3.63, 3.8) is 0 Å². The van der Waals surface area contributed by atoms with E-state index in [1.165, 1.54) is 24.8 Å². The topological polar surface area (TPSA) is 63.2 Å². The molecule has 2 aliphatic rings. The van der Waals surface area contributed by atoms with Gasteiger partial charge in [0.05, 0.1) is 13.2 Å². The summed E-state index contributed by atoms with van der Waals surface area (Å²) < 4.78 is 5.80. The molecule has 3 unspecified atom stereocenters. The van der Waals surface area contributed by atoms with Gasteiger partial charge >= 0.3 is 0 Å². The SMILES string of the molecule is CC1CC1COc1cc(C(=O)NC(CCNCC#CC2CC2)Cc2ccccc2)cc(Cl)n1. The maximum absolute atomic E-state index is 13.1. The van der Waals surface area contributed by atoms with Crippen molar-refractivity contribution in [3.8, 4) is 17.7 Å². The van der Waals surface area contributed by atoms with Crippen molar-refractivity contribution >= 4 is 17.5 Å². The fraction of sp³-hybridized carbons (Fsp3) is 0.481. The van der Waals surface area contributed by atoms with Crippen LogP contribution in [-0.4, -0.2) is 36.6 Å². The van der Waals surface area contributed by atoms with Gasteiger partial charge in [0.15, 0.2) is 0 Å². The number of aromatic nitrogens is 1. The van der Waals surface area contributed by atoms with E-state index in [9.17, 15) is 4.79 Å². The number of carbonyl (C=O) groups excluding carboxylic acids is 1. The second-order valence-electron chi connectivity index (χ2n) is 9.22. The van der Waals surface area contributed by atoms with Crippen molar-refractivity contribution in [1.82, 2.24) is 15.6 Å². The number of nitrogens with zero attached hydrogens (tertiary/aromatic N) is 1. The van der Waals surface area contributed by atoms with Crippen LogP contribution in [-0.2, 0) is 6.42 Å². The van der Waals surface area contributed by atoms with Crippen LogP contribution in [0.3, 0.4) is 0 Å². The molecule has 2 fully saturated rings. The quantitative estimate of drug-likeness (QED) is 0.291. The summed E-state index contributed by atoms with van der Waals surface area (Å²) in [5, 5.41) is 6.82. The van der Waals surface area contributed by atoms with Crippen LogP contribution in [0.15, 0.2) is 42.5 Å². The molecular formula is C27H32ClN3O2. The standard InChI is InChI=1S/C27H32ClN3O2/c1-19-14-23(19)18-33-26-17-22(16-25(28)31-26)27(32)30-24(15-21-6-3-2-4-7-21)11-13-29-12-5-8-20-9-10-20/h2-4,6-7,16-17,19-20,23-24,29H,9-15,18H2,1H3,(H,30,32). The third-order valence-corrected chi connectivity index (χ3v) is 6.37. The Labute approximate surface area is 201 Å². The van der Waals surface area contributed by atoms with E-state index in [0.717, 1.165) is 19.4 Å². The third-order valence-electron chi connectivity index (χ3n) is 6.18. The summed E-state index contributed by atoms with van der Waals surface area (Å²) in [5.74, 6) is 8.57. The molecule has 5 nitrogen and oxygen atoms in total. The molecule has 2 aliphatic carbocycles. The normalized spacial score (nSPS) is 19.8. The van der Waals surface area contributed by atoms with Crippen LogP contribution in [0.5, 0.6) is 5.88 Å². The Morgan fingerprint density at radius 1 is 1.27 bits per heavy atom. The predicted molar refractivity (Wildman–Crippen MR) is 131 cm³/mol. The Morgan fingerprint density at radius 3 is 2.79 bits per heavy atom. The zero-order valence-electron chi connectivity index (χ0n) is 19.1. The van der Waals surface area contributed by atoms with Gasteiger partial charge < -0.3 is 15.4 Å². The second kappa shape index (κ2) is 11.5. The fourth-order valence-electron chi connectivity index (χ4n) is 3.74. The molecule has 0 radical (unpaired) electrons. The Bertz CT molecular complexity index is 997. The lowest BCUT2D eigenvalue weighted by Gasteiger charge is -2.19. The summed E-state index contributed by atoms with van der Waals surface area (Å²) in [6, 6.07) is 13.5. The van der Waals surface area contributed by atoms with E-state index in [4.69, 9.17) is 16.3 Å². The summed E-state index contributed by atoms with van der Waals surface area (Å²) in [4.78, 5) is 17.3. The molecule has 2 N–H and O–H groups in total. The number of amides is 1. The Balaban J connectivity index is 1.34. The van der Waals surface area contributed by atoms with E-state index in [-0.39, 0.29) is 17.1 Å². The van der Waals surface area contributed by atoms with Gasteiger partial charge in [-0.05, 0) is 62.1 Å². The monoisotopic (exact) mass is 465 g/mol. The summed E-state index contributed by atoms with van der Waals surface area (Å²) in [6.45, 7) is 4.28. The molecule has 0 spiro atoms. The van der Waals surface area contributed by atoms with Gasteiger partial charge in [-0.25, -0.2) is 4.98 Å². The molecule has 6 heteroatoms. The molecule has 33 heavy (non-hydrogen) atoms. The molecule has 2 saturated carbocycles. The highest BCUT2D eigenvalue weighted by Gasteiger charge is 2.33. The second-order valence-corrected chi connectivity index (χ2v) is 9.61. The lowest BCUT2D eigenvalue weighted by molar-refractivity contribution is 0.0934. The minimum absolute atomic E-state index is 0.0209. The first-order chi connectivity index (χ1) is 16.1. The highest BCUT2D eigenvalue weighted by atomic mass is 35.5. The molecule has 4 rings (SSSR count). The maximum atomic E-state index is 13.1. The number of rotatable bonds is 11. The van der Waals surface area contributed by atoms with Crippen molar-refractivity contribution in [3.05, 3.63) is 58.7 Å². The summed E-state index contributed by atoms with van der Waals surface area (Å²) in [5.41, 5.74) is 1.65. The molecule has 174 valence electrons. The van der Waals surface area contributed by atoms with E-state index in [2.05, 4.69) is 46.5 Å². The number of pyridine rings is 1. The Hall–Kier alpha value is -2.55. The Kier molecular flexibility index (Phi) is 8.25. The summed E-state index contributed by atoms with van der Waals surface area (Å²) in [6.07, 6.45) is 5.21. The predicted octanol–water partition coefficient (Wildman–Crippen LogP) is 4.50. The molecule has 1 amide bonds. The van der Waals surface area contributed by atoms with E-state index < -0.39 is 0 Å². The van der Waals surface area contributed by atoms with E-state index >= 15 is 0 Å². The maximum Gasteiger partial charge on any atom is 0.251 e. The zero-order chi connectivity index (χ0) is 23.0. The van der Waals surface area contributed by atoms with Crippen LogP contribution in [0.2, 0.25) is 5.15 Å². The van der Waals surface area contributed by atoms with Crippen LogP contribution in [0.1, 0.15) is 48.5 Å². The van der Waals surface area contributed by atoms with Gasteiger partial charge in [-0.2, -0.15) is 0 Å². The van der Waals surface area contributed by atoms with Gasteiger partial charge in [-0.3, -0.25) is 4.79 Å². The van der Waals surface area contributed by atoms with Crippen LogP contribution >= 0.6 is 11.6 Å². The van der Waals surface area contributed by atoms with Gasteiger partial charge in [-0.1, -0.05) is 60.7 Å². The van der Waals surface area contributed by atoms with Crippen molar-refractivity contribution < 1.29 is 9.53 Å². The molecule has 0 bridgehead atoms. The molecular weight excluding hydrogens is 434 g/mol. The molecule has 0 saturated heterocycles. The van der Waals surface area contributed by atoms with Crippen molar-refractivity contribution in [2.75, 3.05) is 19.7 Å². The third kappa shape index (κ3) is 8.07. The largest absolute Gasteiger partial charge is 0.477 e. The van der Waals surface area contributed by atoms with E-state index in [1.54, 1.807) is 12.1 Å². The van der Waals surface area contributed by atoms with Crippen molar-refractivity contribution in [2.45, 2.75) is 45.1 Å². The number of hydrogen-bond donors (Lipinski definition) is 2. The zero-order valence-corrected chi connectivity index (χ0v) is 19.9. The number of hydrogen-bond acceptors (Lipinski definition) is 4. The van der Waals surface area contributed by atoms with Gasteiger partial charge in [0, 0.05) is 23.6 Å². The first kappa shape index (κ1) is 23.6. The van der Waals surface area contributed by atoms with Gasteiger partial charge in [0.2, 0.25) is 5.88 Å². The molecule has 1 aromatic carbocycles. The number of ether oxygens (including phenoxy) is 1. The minimum atomic E-state index is -0.168. The average Bonchev–Trinajstić information content (AvgIpc) is 3.73. The molecule has 3 atom stereocenters. The molecule has 1 aromatic heterocycles. The van der Waals surface area contributed by atoms with E-state index in [1.807, 2.05) is 18.2 Å². The average molecular weight is 466 g/mol. The van der Waals surface area contributed by atoms with Crippen LogP contribution in [0.4, 0.5) is 0 Å². The number of carbonyl (C=O) groups is 1. The van der Waals surface area contributed by atoms with E-state index in [0.29, 0.717) is 42.3 Å². The highest BCUT2D eigenvalue weighted by molar-refractivity contribution is 6.29. The Morgan fingerprint density at radius 2 is 2.06 bits per heavy atom. The fourth-order valence-corrected chi connectivity index (χ4v) is 3.95. The van der Waals surface area contributed by atoms with Gasteiger partial charge in [-0.15, -0.1) is 0 Å². The first-order valence-electron chi connectivity index (χ1n) is 11.9. The van der Waals surface area contributed by atoms with Gasteiger partial charge in [0.25, 0.3) is 5.91 Å². The van der Waals surface area contributed by atoms with Gasteiger partial charge in [0.1, 0.15) is 5.15 Å². The minimum Gasteiger partial charge on any atom is -0.477 e. The number of nitrogens with one attached hydrogen (secondary N) is 2. The first-order valence-corrected chi connectivity index (χ1v) is 12.3. The van der Waals surface area contributed by atoms with Crippen LogP contribution in [0.25, 0.3) is 0 Å². The summed E-state index contributed by atoms with van der Waals surface area (Å²) in [7, 11) is 0. The van der Waals surface area contributed by atoms with Crippen LogP contribution < -0.4 is 15.4 Å². The molecule has 1 heterocycles. The number of halogens is 1.